The van der Waals surface area contributed by atoms with Crippen molar-refractivity contribution in [2.24, 2.45) is 11.8 Å². The van der Waals surface area contributed by atoms with Gasteiger partial charge in [-0.25, -0.2) is 4.79 Å². The lowest BCUT2D eigenvalue weighted by Gasteiger charge is -2.31. The van der Waals surface area contributed by atoms with Crippen LogP contribution in [0.25, 0.3) is 0 Å². The maximum Gasteiger partial charge on any atom is 0.326 e. The van der Waals surface area contributed by atoms with Crippen molar-refractivity contribution in [3.63, 3.8) is 0 Å². The molecule has 2 saturated heterocycles. The van der Waals surface area contributed by atoms with E-state index >= 15 is 0 Å². The fourth-order valence-corrected chi connectivity index (χ4v) is 3.87. The van der Waals surface area contributed by atoms with Gasteiger partial charge in [0.2, 0.25) is 0 Å². The number of rotatable bonds is 4. The molecular weight excluding hydrogens is 324 g/mol. The van der Waals surface area contributed by atoms with E-state index in [0.717, 1.165) is 45.2 Å². The van der Waals surface area contributed by atoms with Crippen LogP contribution < -0.4 is 16.6 Å². The van der Waals surface area contributed by atoms with Gasteiger partial charge in [0.15, 0.2) is 0 Å². The summed E-state index contributed by atoms with van der Waals surface area (Å²) in [7, 11) is 0. The maximum atomic E-state index is 12.5. The number of likely N-dealkylation sites (tertiary alicyclic amines) is 1. The monoisotopic (exact) mass is 350 g/mol. The van der Waals surface area contributed by atoms with Crippen molar-refractivity contribution in [1.82, 2.24) is 20.2 Å². The van der Waals surface area contributed by atoms with Crippen molar-refractivity contribution >= 4 is 5.91 Å². The van der Waals surface area contributed by atoms with Crippen molar-refractivity contribution < 1.29 is 9.53 Å². The Labute approximate surface area is 146 Å². The minimum atomic E-state index is -0.673. The van der Waals surface area contributed by atoms with Gasteiger partial charge in [0.25, 0.3) is 11.5 Å². The Kier molecular flexibility index (Phi) is 5.39. The number of aromatic amines is 2. The summed E-state index contributed by atoms with van der Waals surface area (Å²) in [6.07, 6.45) is 2.04. The molecule has 0 spiro atoms. The SMILES string of the molecule is CC(C)[C@H]1CN(C2CCOCC2)C[C@@H]1NC(=O)c1cc(=O)[nH]c(=O)[nH]1. The van der Waals surface area contributed by atoms with Crippen molar-refractivity contribution in [1.29, 1.82) is 0 Å². The number of hydrogen-bond donors (Lipinski definition) is 3. The summed E-state index contributed by atoms with van der Waals surface area (Å²) in [6, 6.07) is 1.61. The lowest BCUT2D eigenvalue weighted by Crippen LogP contribution is -2.44. The van der Waals surface area contributed by atoms with Crippen LogP contribution in [-0.4, -0.2) is 59.2 Å². The molecule has 2 atom stereocenters. The van der Waals surface area contributed by atoms with Gasteiger partial charge in [-0.15, -0.1) is 0 Å². The number of carbonyl (C=O) groups is 1. The standard InChI is InChI=1S/C17H26N4O4/c1-10(2)12-8-21(11-3-5-25-6-4-11)9-14(12)18-16(23)13-7-15(22)20-17(24)19-13/h7,10-12,14H,3-6,8-9H2,1-2H3,(H,18,23)(H2,19,20,22,24)/t12-,14+/m1/s1. The molecule has 0 radical (unpaired) electrons. The molecule has 0 aliphatic carbocycles. The number of nitrogens with one attached hydrogen (secondary N) is 3. The number of carbonyl (C=O) groups excluding carboxylic acids is 1. The number of hydrogen-bond acceptors (Lipinski definition) is 5. The van der Waals surface area contributed by atoms with Gasteiger partial charge >= 0.3 is 5.69 Å². The highest BCUT2D eigenvalue weighted by molar-refractivity contribution is 5.92. The van der Waals surface area contributed by atoms with Gasteiger partial charge < -0.3 is 15.0 Å². The van der Waals surface area contributed by atoms with E-state index in [2.05, 4.69) is 34.0 Å². The first-order chi connectivity index (χ1) is 11.9. The Morgan fingerprint density at radius 3 is 2.60 bits per heavy atom. The molecule has 25 heavy (non-hydrogen) atoms. The zero-order valence-electron chi connectivity index (χ0n) is 14.7. The second kappa shape index (κ2) is 7.53. The van der Waals surface area contributed by atoms with Gasteiger partial charge in [-0.05, 0) is 24.7 Å². The summed E-state index contributed by atoms with van der Waals surface area (Å²) in [5.74, 6) is 0.349. The largest absolute Gasteiger partial charge is 0.381 e. The summed E-state index contributed by atoms with van der Waals surface area (Å²) < 4.78 is 5.44. The van der Waals surface area contributed by atoms with E-state index in [4.69, 9.17) is 4.74 Å². The molecule has 1 amide bonds. The van der Waals surface area contributed by atoms with Crippen LogP contribution in [0.2, 0.25) is 0 Å². The Morgan fingerprint density at radius 2 is 1.96 bits per heavy atom. The molecular formula is C17H26N4O4. The average Bonchev–Trinajstić information content (AvgIpc) is 2.99. The van der Waals surface area contributed by atoms with Gasteiger partial charge in [0, 0.05) is 44.5 Å². The Hall–Kier alpha value is -1.93. The van der Waals surface area contributed by atoms with E-state index in [1.54, 1.807) is 0 Å². The third-order valence-corrected chi connectivity index (χ3v) is 5.28. The first kappa shape index (κ1) is 17.9. The van der Waals surface area contributed by atoms with Crippen molar-refractivity contribution in [3.05, 3.63) is 32.6 Å². The van der Waals surface area contributed by atoms with E-state index < -0.39 is 17.2 Å². The van der Waals surface area contributed by atoms with E-state index in [1.165, 1.54) is 0 Å². The highest BCUT2D eigenvalue weighted by atomic mass is 16.5. The topological polar surface area (TPSA) is 107 Å². The molecule has 0 unspecified atom stereocenters. The van der Waals surface area contributed by atoms with Crippen LogP contribution in [0.4, 0.5) is 0 Å². The van der Waals surface area contributed by atoms with Crippen LogP contribution in [0.5, 0.6) is 0 Å². The zero-order valence-corrected chi connectivity index (χ0v) is 14.7. The molecule has 0 aromatic carbocycles. The molecule has 2 aliphatic heterocycles. The molecule has 0 saturated carbocycles. The predicted octanol–water partition coefficient (Wildman–Crippen LogP) is -0.0716. The molecule has 1 aromatic heterocycles. The van der Waals surface area contributed by atoms with Gasteiger partial charge in [0.05, 0.1) is 0 Å². The highest BCUT2D eigenvalue weighted by Crippen LogP contribution is 2.28. The molecule has 1 aromatic rings. The number of amides is 1. The fraction of sp³-hybridized carbons (Fsp3) is 0.706. The van der Waals surface area contributed by atoms with Crippen LogP contribution in [0.1, 0.15) is 37.2 Å². The highest BCUT2D eigenvalue weighted by Gasteiger charge is 2.38. The zero-order chi connectivity index (χ0) is 18.0. The fourth-order valence-electron chi connectivity index (χ4n) is 3.87. The third-order valence-electron chi connectivity index (χ3n) is 5.28. The van der Waals surface area contributed by atoms with Crippen LogP contribution >= 0.6 is 0 Å². The normalized spacial score (nSPS) is 25.4. The molecule has 8 nitrogen and oxygen atoms in total. The summed E-state index contributed by atoms with van der Waals surface area (Å²) in [5.41, 5.74) is -1.25. The van der Waals surface area contributed by atoms with Gasteiger partial charge in [-0.1, -0.05) is 13.8 Å². The molecule has 138 valence electrons. The van der Waals surface area contributed by atoms with Crippen molar-refractivity contribution in [2.45, 2.75) is 38.8 Å². The molecule has 3 heterocycles. The Morgan fingerprint density at radius 1 is 1.24 bits per heavy atom. The van der Waals surface area contributed by atoms with Gasteiger partial charge in [0.1, 0.15) is 5.69 Å². The second-order valence-electron chi connectivity index (χ2n) is 7.29. The van der Waals surface area contributed by atoms with Crippen molar-refractivity contribution in [2.75, 3.05) is 26.3 Å². The molecule has 2 fully saturated rings. The summed E-state index contributed by atoms with van der Waals surface area (Å²) >= 11 is 0. The van der Waals surface area contributed by atoms with Crippen LogP contribution in [0.15, 0.2) is 15.7 Å². The summed E-state index contributed by atoms with van der Waals surface area (Å²) in [5, 5.41) is 3.02. The Balaban J connectivity index is 1.71. The summed E-state index contributed by atoms with van der Waals surface area (Å²) in [6.45, 7) is 7.63. The van der Waals surface area contributed by atoms with E-state index in [9.17, 15) is 14.4 Å². The van der Waals surface area contributed by atoms with E-state index in [0.29, 0.717) is 17.9 Å². The first-order valence-corrected chi connectivity index (χ1v) is 8.90. The van der Waals surface area contributed by atoms with Crippen molar-refractivity contribution in [3.8, 4) is 0 Å². The third kappa shape index (κ3) is 4.19. The average molecular weight is 350 g/mol. The number of aromatic nitrogens is 2. The first-order valence-electron chi connectivity index (χ1n) is 8.90. The molecule has 3 rings (SSSR count). The van der Waals surface area contributed by atoms with Gasteiger partial charge in [-0.3, -0.25) is 19.5 Å². The number of nitrogens with zero attached hydrogens (tertiary/aromatic N) is 1. The minimum Gasteiger partial charge on any atom is -0.381 e. The van der Waals surface area contributed by atoms with E-state index in [-0.39, 0.29) is 11.7 Å². The predicted molar refractivity (Wildman–Crippen MR) is 92.7 cm³/mol. The van der Waals surface area contributed by atoms with Crippen LogP contribution in [0.3, 0.4) is 0 Å². The minimum absolute atomic E-state index is 0.000715. The lowest BCUT2D eigenvalue weighted by atomic mass is 9.91. The number of ether oxygens (including phenoxy) is 1. The Bertz CT molecular complexity index is 692. The quantitative estimate of drug-likeness (QED) is 0.705. The molecule has 0 bridgehead atoms. The van der Waals surface area contributed by atoms with Gasteiger partial charge in [-0.2, -0.15) is 0 Å². The molecule has 3 N–H and O–H groups in total. The smallest absolute Gasteiger partial charge is 0.326 e. The van der Waals surface area contributed by atoms with E-state index in [1.807, 2.05) is 0 Å². The van der Waals surface area contributed by atoms with Crippen LogP contribution in [0, 0.1) is 11.8 Å². The summed E-state index contributed by atoms with van der Waals surface area (Å²) in [4.78, 5) is 42.2. The number of H-pyrrole nitrogens is 2. The second-order valence-corrected chi connectivity index (χ2v) is 7.29. The van der Waals surface area contributed by atoms with Crippen LogP contribution in [-0.2, 0) is 4.74 Å². The maximum absolute atomic E-state index is 12.5. The molecule has 2 aliphatic rings. The lowest BCUT2D eigenvalue weighted by molar-refractivity contribution is 0.0401. The molecule has 8 heteroatoms.